The van der Waals surface area contributed by atoms with Crippen LogP contribution < -0.4 is 26.2 Å². The van der Waals surface area contributed by atoms with Crippen molar-refractivity contribution >= 4 is 23.1 Å². The summed E-state index contributed by atoms with van der Waals surface area (Å²) in [6.07, 6.45) is -5.08. The Morgan fingerprint density at radius 3 is 2.42 bits per heavy atom. The predicted octanol–water partition coefficient (Wildman–Crippen LogP) is 0.461. The van der Waals surface area contributed by atoms with Crippen LogP contribution >= 0.6 is 0 Å². The van der Waals surface area contributed by atoms with Crippen molar-refractivity contribution in [2.24, 2.45) is 7.05 Å². The fourth-order valence-corrected chi connectivity index (χ4v) is 3.64. The molecular formula is C21H22F3N7O5. The molecule has 2 N–H and O–H groups in total. The number of aliphatic carboxylic acids is 1. The number of imidazole rings is 1. The number of alkyl halides is 3. The highest BCUT2D eigenvalue weighted by Gasteiger charge is 2.38. The van der Waals surface area contributed by atoms with Gasteiger partial charge in [0.2, 0.25) is 5.95 Å². The number of fused-ring (bicyclic) bond motifs is 1. The monoisotopic (exact) mass is 509 g/mol. The van der Waals surface area contributed by atoms with Crippen molar-refractivity contribution in [1.29, 1.82) is 5.26 Å². The first-order valence-corrected chi connectivity index (χ1v) is 10.5. The Hall–Kier alpha value is -4.32. The SMILES string of the molecule is COc1ccccc1-n1c(N2CCNCC2)nc2c1c(=O)n(CC#N)c(=O)n2C.O=C(O)C(F)(F)F. The molecule has 4 rings (SSSR count). The highest BCUT2D eigenvalue weighted by Crippen LogP contribution is 2.30. The van der Waals surface area contributed by atoms with Crippen molar-refractivity contribution in [2.45, 2.75) is 12.7 Å². The summed E-state index contributed by atoms with van der Waals surface area (Å²) in [5, 5.41) is 19.5. The summed E-state index contributed by atoms with van der Waals surface area (Å²) < 4.78 is 41.2. The number of benzene rings is 1. The maximum Gasteiger partial charge on any atom is 0.490 e. The molecule has 0 atom stereocenters. The Bertz CT molecular complexity index is 1430. The molecule has 0 amide bonds. The van der Waals surface area contributed by atoms with E-state index in [2.05, 4.69) is 15.2 Å². The number of carboxylic acids is 1. The minimum atomic E-state index is -5.08. The molecule has 0 unspecified atom stereocenters. The number of aromatic nitrogens is 4. The van der Waals surface area contributed by atoms with Gasteiger partial charge in [-0.2, -0.15) is 23.4 Å². The van der Waals surface area contributed by atoms with Gasteiger partial charge in [-0.3, -0.25) is 13.9 Å². The minimum Gasteiger partial charge on any atom is -0.495 e. The van der Waals surface area contributed by atoms with E-state index in [-0.39, 0.29) is 17.7 Å². The smallest absolute Gasteiger partial charge is 0.490 e. The second-order valence-corrected chi connectivity index (χ2v) is 7.52. The fourth-order valence-electron chi connectivity index (χ4n) is 3.64. The van der Waals surface area contributed by atoms with Gasteiger partial charge < -0.3 is 20.1 Å². The third kappa shape index (κ3) is 5.03. The third-order valence-corrected chi connectivity index (χ3v) is 5.32. The van der Waals surface area contributed by atoms with Gasteiger partial charge in [0.25, 0.3) is 5.56 Å². The number of anilines is 1. The van der Waals surface area contributed by atoms with Gasteiger partial charge in [-0.1, -0.05) is 12.1 Å². The molecule has 1 aliphatic rings. The number of carboxylic acid groups (broad SMARTS) is 1. The first-order valence-electron chi connectivity index (χ1n) is 10.5. The average molecular weight is 509 g/mol. The number of nitriles is 1. The normalized spacial score (nSPS) is 13.6. The van der Waals surface area contributed by atoms with Crippen LogP contribution in [0.3, 0.4) is 0 Å². The summed E-state index contributed by atoms with van der Waals surface area (Å²) in [6, 6.07) is 9.22. The number of nitrogens with one attached hydrogen (secondary N) is 1. The van der Waals surface area contributed by atoms with Crippen molar-refractivity contribution in [3.8, 4) is 17.5 Å². The largest absolute Gasteiger partial charge is 0.495 e. The highest BCUT2D eigenvalue weighted by molar-refractivity contribution is 5.79. The zero-order chi connectivity index (χ0) is 26.6. The van der Waals surface area contributed by atoms with E-state index in [9.17, 15) is 22.8 Å². The van der Waals surface area contributed by atoms with Crippen LogP contribution in [0, 0.1) is 11.3 Å². The number of halogens is 3. The van der Waals surface area contributed by atoms with Crippen molar-refractivity contribution in [2.75, 3.05) is 38.2 Å². The molecule has 1 aromatic carbocycles. The van der Waals surface area contributed by atoms with E-state index in [0.29, 0.717) is 30.5 Å². The van der Waals surface area contributed by atoms with E-state index >= 15 is 0 Å². The van der Waals surface area contributed by atoms with E-state index < -0.39 is 23.4 Å². The van der Waals surface area contributed by atoms with Crippen LogP contribution in [0.15, 0.2) is 33.9 Å². The summed E-state index contributed by atoms with van der Waals surface area (Å²) in [4.78, 5) is 41.5. The number of piperazine rings is 1. The van der Waals surface area contributed by atoms with Crippen LogP contribution in [0.25, 0.3) is 16.9 Å². The molecule has 0 radical (unpaired) electrons. The fraction of sp³-hybridized carbons (Fsp3) is 0.381. The van der Waals surface area contributed by atoms with Gasteiger partial charge in [0.05, 0.1) is 18.9 Å². The number of aryl methyl sites for hydroxylation is 1. The molecule has 36 heavy (non-hydrogen) atoms. The molecule has 12 nitrogen and oxygen atoms in total. The Morgan fingerprint density at radius 1 is 1.25 bits per heavy atom. The number of ether oxygens (including phenoxy) is 1. The molecule has 3 aromatic rings. The molecule has 0 bridgehead atoms. The molecule has 0 saturated carbocycles. The molecule has 1 saturated heterocycles. The summed E-state index contributed by atoms with van der Waals surface area (Å²) in [5.41, 5.74) is 0.0318. The van der Waals surface area contributed by atoms with E-state index in [1.54, 1.807) is 24.8 Å². The number of hydrogen-bond acceptors (Lipinski definition) is 8. The van der Waals surface area contributed by atoms with E-state index in [0.717, 1.165) is 17.7 Å². The number of nitrogens with zero attached hydrogens (tertiary/aromatic N) is 6. The summed E-state index contributed by atoms with van der Waals surface area (Å²) >= 11 is 0. The third-order valence-electron chi connectivity index (χ3n) is 5.32. The molecule has 15 heteroatoms. The molecular weight excluding hydrogens is 487 g/mol. The first kappa shape index (κ1) is 26.3. The predicted molar refractivity (Wildman–Crippen MR) is 122 cm³/mol. The topological polar surface area (TPSA) is 147 Å². The maximum absolute atomic E-state index is 13.2. The Kier molecular flexibility index (Phi) is 7.68. The summed E-state index contributed by atoms with van der Waals surface area (Å²) in [7, 11) is 3.12. The Morgan fingerprint density at radius 2 is 1.86 bits per heavy atom. The molecule has 0 aliphatic carbocycles. The lowest BCUT2D eigenvalue weighted by Gasteiger charge is -2.29. The number of hydrogen-bond donors (Lipinski definition) is 2. The molecule has 0 spiro atoms. The lowest BCUT2D eigenvalue weighted by atomic mass is 10.3. The molecule has 1 aliphatic heterocycles. The minimum absolute atomic E-state index is 0.236. The van der Waals surface area contributed by atoms with Gasteiger partial charge in [-0.05, 0) is 12.1 Å². The molecule has 3 heterocycles. The molecule has 1 fully saturated rings. The van der Waals surface area contributed by atoms with Crippen molar-refractivity contribution in [3.05, 3.63) is 45.1 Å². The van der Waals surface area contributed by atoms with Crippen molar-refractivity contribution in [1.82, 2.24) is 24.0 Å². The first-order chi connectivity index (χ1) is 17.0. The lowest BCUT2D eigenvalue weighted by Crippen LogP contribution is -2.44. The quantitative estimate of drug-likeness (QED) is 0.512. The van der Waals surface area contributed by atoms with E-state index in [1.165, 1.54) is 4.57 Å². The summed E-state index contributed by atoms with van der Waals surface area (Å²) in [5.74, 6) is -1.62. The van der Waals surface area contributed by atoms with Crippen LogP contribution in [0.2, 0.25) is 0 Å². The Labute approximate surface area is 201 Å². The van der Waals surface area contributed by atoms with Crippen molar-refractivity contribution in [3.63, 3.8) is 0 Å². The number of rotatable bonds is 4. The van der Waals surface area contributed by atoms with Crippen LogP contribution in [0.4, 0.5) is 19.1 Å². The highest BCUT2D eigenvalue weighted by atomic mass is 19.4. The second kappa shape index (κ2) is 10.5. The molecule has 2 aromatic heterocycles. The summed E-state index contributed by atoms with van der Waals surface area (Å²) in [6.45, 7) is 2.65. The Balaban J connectivity index is 0.000000454. The van der Waals surface area contributed by atoms with Gasteiger partial charge in [-0.25, -0.2) is 14.2 Å². The zero-order valence-corrected chi connectivity index (χ0v) is 19.2. The van der Waals surface area contributed by atoms with Crippen LogP contribution in [0.5, 0.6) is 5.75 Å². The maximum atomic E-state index is 13.2. The van der Waals surface area contributed by atoms with Crippen molar-refractivity contribution < 1.29 is 27.8 Å². The van der Waals surface area contributed by atoms with Gasteiger partial charge in [0.15, 0.2) is 11.2 Å². The van der Waals surface area contributed by atoms with Gasteiger partial charge >= 0.3 is 17.8 Å². The van der Waals surface area contributed by atoms with Gasteiger partial charge in [0, 0.05) is 33.2 Å². The number of methoxy groups -OCH3 is 1. The molecule has 192 valence electrons. The number of carbonyl (C=O) groups is 1. The van der Waals surface area contributed by atoms with Gasteiger partial charge in [0.1, 0.15) is 12.3 Å². The zero-order valence-electron chi connectivity index (χ0n) is 19.2. The number of para-hydroxylation sites is 2. The standard InChI is InChI=1S/C19H21N7O3.C2HF3O2/c1-23-16-15(17(27)25(10-7-20)19(23)28)26(13-5-3-4-6-14(13)29-2)18(22-16)24-11-8-21-9-12-24;3-2(4,5)1(6)7/h3-6,21H,8-12H2,1-2H3;(H,6,7). The van der Waals surface area contributed by atoms with Crippen LogP contribution in [-0.4, -0.2) is 69.2 Å². The van der Waals surface area contributed by atoms with Crippen LogP contribution in [0.1, 0.15) is 0 Å². The average Bonchev–Trinajstić information content (AvgIpc) is 3.26. The van der Waals surface area contributed by atoms with Crippen LogP contribution in [-0.2, 0) is 18.4 Å². The van der Waals surface area contributed by atoms with E-state index in [1.807, 2.05) is 24.3 Å². The van der Waals surface area contributed by atoms with Gasteiger partial charge in [-0.15, -0.1) is 0 Å². The van der Waals surface area contributed by atoms with E-state index in [4.69, 9.17) is 19.9 Å². The second-order valence-electron chi connectivity index (χ2n) is 7.52. The lowest BCUT2D eigenvalue weighted by molar-refractivity contribution is -0.192.